The number of aliphatic hydroxyl groups excluding tert-OH is 1. The van der Waals surface area contributed by atoms with Gasteiger partial charge in [-0.15, -0.1) is 11.8 Å². The fourth-order valence-electron chi connectivity index (χ4n) is 1.04. The maximum Gasteiger partial charge on any atom is 0.220 e. The number of halogens is 1. The molecule has 0 bridgehead atoms. The number of hydrogen-bond donors (Lipinski definition) is 2. The van der Waals surface area contributed by atoms with Crippen LogP contribution in [0.15, 0.2) is 29.2 Å². The molecule has 1 amide bonds. The Bertz CT molecular complexity index is 346. The molecular formula is C10H12ClNO2S. The third kappa shape index (κ3) is 5.06. The van der Waals surface area contributed by atoms with Crippen molar-refractivity contribution >= 4 is 29.3 Å². The van der Waals surface area contributed by atoms with Crippen molar-refractivity contribution in [3.05, 3.63) is 29.3 Å². The van der Waals surface area contributed by atoms with Crippen LogP contribution < -0.4 is 5.73 Å². The Morgan fingerprint density at radius 1 is 1.60 bits per heavy atom. The highest BCUT2D eigenvalue weighted by molar-refractivity contribution is 7.99. The number of hydrogen-bond acceptors (Lipinski definition) is 3. The van der Waals surface area contributed by atoms with E-state index in [1.165, 1.54) is 11.8 Å². The first-order valence-electron chi connectivity index (χ1n) is 4.42. The van der Waals surface area contributed by atoms with E-state index in [9.17, 15) is 9.90 Å². The van der Waals surface area contributed by atoms with Crippen LogP contribution in [0.5, 0.6) is 0 Å². The van der Waals surface area contributed by atoms with Crippen molar-refractivity contribution < 1.29 is 9.90 Å². The summed E-state index contributed by atoms with van der Waals surface area (Å²) in [6.45, 7) is 0. The summed E-state index contributed by atoms with van der Waals surface area (Å²) in [5.74, 6) is -0.0577. The SMILES string of the molecule is NC(=O)CC(O)CSc1cccc(Cl)c1. The minimum absolute atomic E-state index is 0.00638. The van der Waals surface area contributed by atoms with Crippen LogP contribution in [-0.2, 0) is 4.79 Å². The summed E-state index contributed by atoms with van der Waals surface area (Å²) < 4.78 is 0. The van der Waals surface area contributed by atoms with Gasteiger partial charge in [0, 0.05) is 15.7 Å². The van der Waals surface area contributed by atoms with Gasteiger partial charge in [-0.25, -0.2) is 0 Å². The van der Waals surface area contributed by atoms with E-state index < -0.39 is 12.0 Å². The van der Waals surface area contributed by atoms with E-state index in [4.69, 9.17) is 17.3 Å². The number of amides is 1. The van der Waals surface area contributed by atoms with Gasteiger partial charge in [-0.05, 0) is 18.2 Å². The summed E-state index contributed by atoms with van der Waals surface area (Å²) in [4.78, 5) is 11.5. The minimum Gasteiger partial charge on any atom is -0.392 e. The first-order valence-corrected chi connectivity index (χ1v) is 5.79. The van der Waals surface area contributed by atoms with Gasteiger partial charge >= 0.3 is 0 Å². The van der Waals surface area contributed by atoms with Gasteiger partial charge in [-0.3, -0.25) is 4.79 Å². The molecule has 0 fully saturated rings. The van der Waals surface area contributed by atoms with E-state index in [0.717, 1.165) is 4.90 Å². The average Bonchev–Trinajstić information content (AvgIpc) is 2.14. The fourth-order valence-corrected chi connectivity index (χ4v) is 2.18. The lowest BCUT2D eigenvalue weighted by Gasteiger charge is -2.07. The van der Waals surface area contributed by atoms with Crippen molar-refractivity contribution in [1.82, 2.24) is 0 Å². The van der Waals surface area contributed by atoms with Gasteiger partial charge in [0.15, 0.2) is 0 Å². The molecule has 0 radical (unpaired) electrons. The van der Waals surface area contributed by atoms with Crippen LogP contribution in [0, 0.1) is 0 Å². The standard InChI is InChI=1S/C10H12ClNO2S/c11-7-2-1-3-9(4-7)15-6-8(13)5-10(12)14/h1-4,8,13H,5-6H2,(H2,12,14). The second-order valence-corrected chi connectivity index (χ2v) is 4.62. The van der Waals surface area contributed by atoms with Gasteiger partial charge in [-0.1, -0.05) is 17.7 Å². The Balaban J connectivity index is 2.40. The van der Waals surface area contributed by atoms with E-state index in [2.05, 4.69) is 0 Å². The number of carbonyl (C=O) groups excluding carboxylic acids is 1. The van der Waals surface area contributed by atoms with E-state index in [1.807, 2.05) is 18.2 Å². The van der Waals surface area contributed by atoms with Crippen molar-refractivity contribution in [2.45, 2.75) is 17.4 Å². The van der Waals surface area contributed by atoms with E-state index in [1.54, 1.807) is 6.07 Å². The summed E-state index contributed by atoms with van der Waals surface area (Å²) in [5, 5.41) is 10.1. The maximum absolute atomic E-state index is 10.5. The number of nitrogens with two attached hydrogens (primary N) is 1. The molecule has 3 N–H and O–H groups in total. The first-order chi connectivity index (χ1) is 7.08. The van der Waals surface area contributed by atoms with Crippen LogP contribution in [0.3, 0.4) is 0 Å². The monoisotopic (exact) mass is 245 g/mol. The molecule has 1 aromatic carbocycles. The lowest BCUT2D eigenvalue weighted by atomic mass is 10.3. The number of carbonyl (C=O) groups is 1. The molecular weight excluding hydrogens is 234 g/mol. The molecule has 0 aromatic heterocycles. The normalized spacial score (nSPS) is 12.4. The van der Waals surface area contributed by atoms with Gasteiger partial charge in [0.2, 0.25) is 5.91 Å². The van der Waals surface area contributed by atoms with Gasteiger partial charge in [0.25, 0.3) is 0 Å². The van der Waals surface area contributed by atoms with Crippen molar-refractivity contribution in [3.8, 4) is 0 Å². The Labute approximate surface area is 97.6 Å². The number of primary amides is 1. The quantitative estimate of drug-likeness (QED) is 0.776. The highest BCUT2D eigenvalue weighted by Gasteiger charge is 2.08. The highest BCUT2D eigenvalue weighted by Crippen LogP contribution is 2.22. The smallest absolute Gasteiger partial charge is 0.220 e. The van der Waals surface area contributed by atoms with Crippen LogP contribution in [0.25, 0.3) is 0 Å². The third-order valence-corrected chi connectivity index (χ3v) is 3.05. The summed E-state index contributed by atoms with van der Waals surface area (Å²) in [7, 11) is 0. The molecule has 5 heteroatoms. The number of aliphatic hydroxyl groups is 1. The van der Waals surface area contributed by atoms with Crippen LogP contribution in [0.4, 0.5) is 0 Å². The lowest BCUT2D eigenvalue weighted by molar-refractivity contribution is -0.119. The van der Waals surface area contributed by atoms with Gasteiger partial charge < -0.3 is 10.8 Å². The summed E-state index contributed by atoms with van der Waals surface area (Å²) in [6.07, 6.45) is -0.709. The zero-order chi connectivity index (χ0) is 11.3. The van der Waals surface area contributed by atoms with Gasteiger partial charge in [0.1, 0.15) is 0 Å². The molecule has 1 aromatic rings. The molecule has 1 rings (SSSR count). The Kier molecular flexibility index (Phi) is 4.94. The van der Waals surface area contributed by atoms with Crippen molar-refractivity contribution in [1.29, 1.82) is 0 Å². The molecule has 0 saturated carbocycles. The fraction of sp³-hybridized carbons (Fsp3) is 0.300. The Morgan fingerprint density at radius 2 is 2.33 bits per heavy atom. The summed E-state index contributed by atoms with van der Waals surface area (Å²) >= 11 is 7.24. The molecule has 0 aliphatic carbocycles. The van der Waals surface area contributed by atoms with Crippen molar-refractivity contribution in [2.24, 2.45) is 5.73 Å². The molecule has 0 heterocycles. The molecule has 1 unspecified atom stereocenters. The number of thioether (sulfide) groups is 1. The van der Waals surface area contributed by atoms with E-state index >= 15 is 0 Å². The minimum atomic E-state index is -0.702. The zero-order valence-electron chi connectivity index (χ0n) is 8.02. The summed E-state index contributed by atoms with van der Waals surface area (Å²) in [6, 6.07) is 7.33. The van der Waals surface area contributed by atoms with Crippen LogP contribution >= 0.6 is 23.4 Å². The topological polar surface area (TPSA) is 63.3 Å². The number of benzene rings is 1. The van der Waals surface area contributed by atoms with Crippen LogP contribution in [0.1, 0.15) is 6.42 Å². The highest BCUT2D eigenvalue weighted by atomic mass is 35.5. The van der Waals surface area contributed by atoms with Crippen LogP contribution in [0.2, 0.25) is 5.02 Å². The molecule has 0 saturated heterocycles. The maximum atomic E-state index is 10.5. The Hall–Kier alpha value is -0.710. The molecule has 0 spiro atoms. The molecule has 0 aliphatic rings. The van der Waals surface area contributed by atoms with Gasteiger partial charge in [-0.2, -0.15) is 0 Å². The van der Waals surface area contributed by atoms with Crippen molar-refractivity contribution in [2.75, 3.05) is 5.75 Å². The van der Waals surface area contributed by atoms with E-state index in [-0.39, 0.29) is 6.42 Å². The largest absolute Gasteiger partial charge is 0.392 e. The third-order valence-electron chi connectivity index (χ3n) is 1.68. The van der Waals surface area contributed by atoms with Crippen LogP contribution in [-0.4, -0.2) is 22.9 Å². The molecule has 82 valence electrons. The second kappa shape index (κ2) is 6.00. The lowest BCUT2D eigenvalue weighted by Crippen LogP contribution is -2.21. The average molecular weight is 246 g/mol. The molecule has 3 nitrogen and oxygen atoms in total. The predicted octanol–water partition coefficient (Wildman–Crippen LogP) is 1.67. The predicted molar refractivity (Wildman–Crippen MR) is 62.0 cm³/mol. The molecule has 0 aliphatic heterocycles. The van der Waals surface area contributed by atoms with Crippen molar-refractivity contribution in [3.63, 3.8) is 0 Å². The molecule has 1 atom stereocenters. The second-order valence-electron chi connectivity index (χ2n) is 3.09. The first kappa shape index (κ1) is 12.4. The van der Waals surface area contributed by atoms with Gasteiger partial charge in [0.05, 0.1) is 12.5 Å². The summed E-state index contributed by atoms with van der Waals surface area (Å²) in [5.41, 5.74) is 4.96. The molecule has 15 heavy (non-hydrogen) atoms. The zero-order valence-corrected chi connectivity index (χ0v) is 9.59. The Morgan fingerprint density at radius 3 is 2.93 bits per heavy atom. The van der Waals surface area contributed by atoms with E-state index in [0.29, 0.717) is 10.8 Å². The number of rotatable bonds is 5.